The number of aliphatic carboxylic acids is 1. The Bertz CT molecular complexity index is 380. The molecule has 1 rings (SSSR count). The zero-order chi connectivity index (χ0) is 18.5. The molecule has 4 nitrogen and oxygen atoms in total. The highest BCUT2D eigenvalue weighted by Crippen LogP contribution is 2.31. The minimum Gasteiger partial charge on any atom is -0.481 e. The number of hydrogen-bond donors (Lipinski definition) is 1. The van der Waals surface area contributed by atoms with Gasteiger partial charge in [-0.1, -0.05) is 65.2 Å². The molecule has 1 fully saturated rings. The van der Waals surface area contributed by atoms with Crippen LogP contribution in [0.1, 0.15) is 104 Å². The van der Waals surface area contributed by atoms with E-state index in [1.807, 2.05) is 0 Å². The summed E-state index contributed by atoms with van der Waals surface area (Å²) < 4.78 is 5.82. The van der Waals surface area contributed by atoms with Gasteiger partial charge in [-0.15, -0.1) is 0 Å². The van der Waals surface area contributed by atoms with Crippen molar-refractivity contribution in [1.29, 1.82) is 0 Å². The molecule has 0 aromatic rings. The van der Waals surface area contributed by atoms with Crippen LogP contribution in [0.4, 0.5) is 0 Å². The molecule has 146 valence electrons. The van der Waals surface area contributed by atoms with E-state index in [9.17, 15) is 14.7 Å². The smallest absolute Gasteiger partial charge is 0.309 e. The molecular formula is C21H38O4. The number of esters is 1. The molecule has 0 aromatic heterocycles. The third-order valence-corrected chi connectivity index (χ3v) is 5.40. The van der Waals surface area contributed by atoms with E-state index in [0.29, 0.717) is 12.8 Å². The molecule has 25 heavy (non-hydrogen) atoms. The van der Waals surface area contributed by atoms with E-state index in [-0.39, 0.29) is 23.9 Å². The summed E-state index contributed by atoms with van der Waals surface area (Å²) in [5, 5.41) is 9.19. The molecule has 3 atom stereocenters. The van der Waals surface area contributed by atoms with E-state index >= 15 is 0 Å². The van der Waals surface area contributed by atoms with Gasteiger partial charge in [0.1, 0.15) is 6.10 Å². The van der Waals surface area contributed by atoms with E-state index in [1.54, 1.807) is 0 Å². The third kappa shape index (κ3) is 9.27. The highest BCUT2D eigenvalue weighted by molar-refractivity contribution is 5.75. The van der Waals surface area contributed by atoms with E-state index in [0.717, 1.165) is 44.9 Å². The maximum Gasteiger partial charge on any atom is 0.309 e. The fourth-order valence-electron chi connectivity index (χ4n) is 3.73. The summed E-state index contributed by atoms with van der Waals surface area (Å²) in [6.07, 6.45) is 14.3. The number of carbonyl (C=O) groups is 2. The Balaban J connectivity index is 2.38. The lowest BCUT2D eigenvalue weighted by molar-refractivity contribution is -0.158. The molecule has 0 bridgehead atoms. The molecule has 0 saturated heterocycles. The van der Waals surface area contributed by atoms with Crippen LogP contribution in [0.5, 0.6) is 0 Å². The van der Waals surface area contributed by atoms with Crippen molar-refractivity contribution in [2.75, 3.05) is 0 Å². The van der Waals surface area contributed by atoms with Crippen LogP contribution in [0.2, 0.25) is 0 Å². The molecule has 0 aromatic carbocycles. The number of carbonyl (C=O) groups excluding carboxylic acids is 1. The normalized spacial score (nSPS) is 21.7. The van der Waals surface area contributed by atoms with Crippen molar-refractivity contribution in [2.24, 2.45) is 11.8 Å². The topological polar surface area (TPSA) is 63.6 Å². The van der Waals surface area contributed by atoms with Crippen LogP contribution < -0.4 is 0 Å². The molecule has 1 aliphatic rings. The molecule has 0 heterocycles. The highest BCUT2D eigenvalue weighted by Gasteiger charge is 2.32. The number of unbranched alkanes of at least 4 members (excludes halogenated alkanes) is 6. The fourth-order valence-corrected chi connectivity index (χ4v) is 3.73. The van der Waals surface area contributed by atoms with Crippen LogP contribution in [0.15, 0.2) is 0 Å². The number of ether oxygens (including phenoxy) is 1. The molecule has 4 heteroatoms. The quantitative estimate of drug-likeness (QED) is 0.339. The zero-order valence-corrected chi connectivity index (χ0v) is 16.3. The van der Waals surface area contributed by atoms with Crippen molar-refractivity contribution in [1.82, 2.24) is 0 Å². The second-order valence-corrected chi connectivity index (χ2v) is 7.66. The van der Waals surface area contributed by atoms with Crippen molar-refractivity contribution < 1.29 is 19.4 Å². The first-order valence-electron chi connectivity index (χ1n) is 10.5. The van der Waals surface area contributed by atoms with Crippen LogP contribution in [-0.2, 0) is 14.3 Å². The van der Waals surface area contributed by atoms with Crippen LogP contribution in [-0.4, -0.2) is 23.1 Å². The van der Waals surface area contributed by atoms with Crippen molar-refractivity contribution >= 4 is 11.9 Å². The minimum atomic E-state index is -0.771. The van der Waals surface area contributed by atoms with Gasteiger partial charge in [-0.05, 0) is 38.5 Å². The van der Waals surface area contributed by atoms with Gasteiger partial charge >= 0.3 is 11.9 Å². The van der Waals surface area contributed by atoms with Gasteiger partial charge in [0, 0.05) is 0 Å². The summed E-state index contributed by atoms with van der Waals surface area (Å²) in [5.41, 5.74) is 0. The summed E-state index contributed by atoms with van der Waals surface area (Å²) in [4.78, 5) is 23.7. The summed E-state index contributed by atoms with van der Waals surface area (Å²) in [5.74, 6) is -1.52. The zero-order valence-electron chi connectivity index (χ0n) is 16.3. The Kier molecular flexibility index (Phi) is 11.6. The Morgan fingerprint density at radius 3 is 2.20 bits per heavy atom. The first-order chi connectivity index (χ1) is 12.1. The van der Waals surface area contributed by atoms with E-state index in [2.05, 4.69) is 13.8 Å². The molecule has 0 aliphatic heterocycles. The van der Waals surface area contributed by atoms with E-state index in [4.69, 9.17) is 4.74 Å². The summed E-state index contributed by atoms with van der Waals surface area (Å²) in [6, 6.07) is 0. The molecule has 0 radical (unpaired) electrons. The molecule has 0 amide bonds. The predicted molar refractivity (Wildman–Crippen MR) is 100 cm³/mol. The SMILES string of the molecule is CCCCCCCCC(CCCC)OC(=O)C1CCCC(C(=O)O)C1. The average Bonchev–Trinajstić information content (AvgIpc) is 2.62. The average molecular weight is 355 g/mol. The van der Waals surface area contributed by atoms with Gasteiger partial charge in [-0.2, -0.15) is 0 Å². The van der Waals surface area contributed by atoms with Gasteiger partial charge in [0.05, 0.1) is 11.8 Å². The lowest BCUT2D eigenvalue weighted by atomic mass is 9.81. The van der Waals surface area contributed by atoms with Gasteiger partial charge < -0.3 is 9.84 Å². The summed E-state index contributed by atoms with van der Waals surface area (Å²) in [6.45, 7) is 4.38. The van der Waals surface area contributed by atoms with Crippen molar-refractivity contribution in [3.05, 3.63) is 0 Å². The Labute approximate surface area is 153 Å². The summed E-state index contributed by atoms with van der Waals surface area (Å²) in [7, 11) is 0. The van der Waals surface area contributed by atoms with Crippen LogP contribution in [0.25, 0.3) is 0 Å². The standard InChI is InChI=1S/C21H38O4/c1-3-5-7-8-9-10-15-19(14-6-4-2)25-21(24)18-13-11-12-17(16-18)20(22)23/h17-19H,3-16H2,1-2H3,(H,22,23). The second kappa shape index (κ2) is 13.2. The van der Waals surface area contributed by atoms with Crippen molar-refractivity contribution in [3.8, 4) is 0 Å². The molecule has 1 saturated carbocycles. The van der Waals surface area contributed by atoms with Gasteiger partial charge in [0.15, 0.2) is 0 Å². The lowest BCUT2D eigenvalue weighted by Gasteiger charge is -2.27. The van der Waals surface area contributed by atoms with E-state index < -0.39 is 5.97 Å². The second-order valence-electron chi connectivity index (χ2n) is 7.66. The van der Waals surface area contributed by atoms with Gasteiger partial charge in [-0.25, -0.2) is 0 Å². The number of rotatable bonds is 13. The molecular weight excluding hydrogens is 316 g/mol. The lowest BCUT2D eigenvalue weighted by Crippen LogP contribution is -2.31. The van der Waals surface area contributed by atoms with Gasteiger partial charge in [0.2, 0.25) is 0 Å². The number of carboxylic acids is 1. The summed E-state index contributed by atoms with van der Waals surface area (Å²) >= 11 is 0. The third-order valence-electron chi connectivity index (χ3n) is 5.40. The van der Waals surface area contributed by atoms with Gasteiger partial charge in [-0.3, -0.25) is 9.59 Å². The Morgan fingerprint density at radius 2 is 1.52 bits per heavy atom. The Morgan fingerprint density at radius 1 is 0.920 bits per heavy atom. The maximum absolute atomic E-state index is 12.5. The van der Waals surface area contributed by atoms with Crippen LogP contribution in [0.3, 0.4) is 0 Å². The predicted octanol–water partition coefficient (Wildman–Crippen LogP) is 5.73. The van der Waals surface area contributed by atoms with Crippen molar-refractivity contribution in [2.45, 2.75) is 110 Å². The van der Waals surface area contributed by atoms with Crippen molar-refractivity contribution in [3.63, 3.8) is 0 Å². The Hall–Kier alpha value is -1.06. The minimum absolute atomic E-state index is 0.0174. The highest BCUT2D eigenvalue weighted by atomic mass is 16.5. The molecule has 1 N–H and O–H groups in total. The largest absolute Gasteiger partial charge is 0.481 e. The first kappa shape index (κ1) is 22.0. The first-order valence-corrected chi connectivity index (χ1v) is 10.5. The molecule has 1 aliphatic carbocycles. The van der Waals surface area contributed by atoms with E-state index in [1.165, 1.54) is 32.1 Å². The van der Waals surface area contributed by atoms with Crippen LogP contribution in [0, 0.1) is 11.8 Å². The molecule has 3 unspecified atom stereocenters. The van der Waals surface area contributed by atoms with Gasteiger partial charge in [0.25, 0.3) is 0 Å². The number of hydrogen-bond acceptors (Lipinski definition) is 3. The monoisotopic (exact) mass is 354 g/mol. The number of carboxylic acid groups (broad SMARTS) is 1. The fraction of sp³-hybridized carbons (Fsp3) is 0.905. The maximum atomic E-state index is 12.5. The van der Waals surface area contributed by atoms with Crippen LogP contribution >= 0.6 is 0 Å². The molecule has 0 spiro atoms.